The van der Waals surface area contributed by atoms with Gasteiger partial charge < -0.3 is 0 Å². The minimum absolute atomic E-state index is 0.163. The summed E-state index contributed by atoms with van der Waals surface area (Å²) in [5, 5.41) is 0.319. The van der Waals surface area contributed by atoms with Gasteiger partial charge in [0.05, 0.1) is 9.26 Å². The molecule has 1 aromatic heterocycles. The Hall–Kier alpha value is -0.820. The molecule has 19 heavy (non-hydrogen) atoms. The summed E-state index contributed by atoms with van der Waals surface area (Å²) in [6.45, 7) is 3.96. The van der Waals surface area contributed by atoms with Crippen molar-refractivity contribution in [2.24, 2.45) is 0 Å². The van der Waals surface area contributed by atoms with Gasteiger partial charge >= 0.3 is 0 Å². The Balaban J connectivity index is 2.59. The van der Waals surface area contributed by atoms with Gasteiger partial charge in [-0.2, -0.15) is 0 Å². The van der Waals surface area contributed by atoms with Crippen LogP contribution < -0.4 is 0 Å². The molecule has 2 nitrogen and oxygen atoms in total. The van der Waals surface area contributed by atoms with Crippen LogP contribution in [0, 0.1) is 15.2 Å². The van der Waals surface area contributed by atoms with Gasteiger partial charge in [0.2, 0.25) is 0 Å². The molecule has 6 heteroatoms. The van der Waals surface area contributed by atoms with Crippen molar-refractivity contribution in [2.75, 3.05) is 0 Å². The Morgan fingerprint density at radius 1 is 1.16 bits per heavy atom. The first-order valence-corrected chi connectivity index (χ1v) is 7.04. The number of aromatic nitrogens is 2. The highest BCUT2D eigenvalue weighted by molar-refractivity contribution is 14.1. The quantitative estimate of drug-likeness (QED) is 0.540. The molecular weight excluding hydrogens is 385 g/mol. The molecule has 0 saturated heterocycles. The van der Waals surface area contributed by atoms with Crippen LogP contribution in [0.1, 0.15) is 25.5 Å². The van der Waals surface area contributed by atoms with Crippen LogP contribution in [0.15, 0.2) is 18.2 Å². The summed E-state index contributed by atoms with van der Waals surface area (Å²) in [7, 11) is 0. The lowest BCUT2D eigenvalue weighted by Gasteiger charge is -2.11. The molecule has 0 spiro atoms. The molecule has 0 amide bonds. The Morgan fingerprint density at radius 2 is 1.84 bits per heavy atom. The molecule has 1 aromatic carbocycles. The van der Waals surface area contributed by atoms with Gasteiger partial charge in [-0.25, -0.2) is 18.7 Å². The van der Waals surface area contributed by atoms with E-state index >= 15 is 0 Å². The average molecular weight is 395 g/mol. The number of hydrogen-bond donors (Lipinski definition) is 0. The Kier molecular flexibility index (Phi) is 4.35. The minimum atomic E-state index is -0.929. The van der Waals surface area contributed by atoms with Crippen LogP contribution in [0.4, 0.5) is 8.78 Å². The van der Waals surface area contributed by atoms with Crippen LogP contribution in [0.3, 0.4) is 0 Å². The van der Waals surface area contributed by atoms with Crippen molar-refractivity contribution in [3.8, 4) is 11.4 Å². The van der Waals surface area contributed by atoms with Crippen molar-refractivity contribution in [1.82, 2.24) is 9.97 Å². The van der Waals surface area contributed by atoms with E-state index in [1.54, 1.807) is 0 Å². The lowest BCUT2D eigenvalue weighted by Crippen LogP contribution is -2.02. The Bertz CT molecular complexity index is 632. The normalized spacial score (nSPS) is 11.1. The van der Waals surface area contributed by atoms with Crippen LogP contribution in [-0.4, -0.2) is 9.97 Å². The molecule has 0 fully saturated rings. The van der Waals surface area contributed by atoms with E-state index in [-0.39, 0.29) is 5.92 Å². The first-order valence-electron chi connectivity index (χ1n) is 5.58. The minimum Gasteiger partial charge on any atom is -0.232 e. The molecule has 2 rings (SSSR count). The molecule has 0 aliphatic heterocycles. The average Bonchev–Trinajstić information content (AvgIpc) is 2.35. The Morgan fingerprint density at radius 3 is 2.42 bits per heavy atom. The summed E-state index contributed by atoms with van der Waals surface area (Å²) in [4.78, 5) is 8.50. The summed E-state index contributed by atoms with van der Waals surface area (Å²) in [6, 6.07) is 3.55. The fourth-order valence-corrected chi connectivity index (χ4v) is 2.62. The van der Waals surface area contributed by atoms with Crippen LogP contribution in [-0.2, 0) is 0 Å². The molecule has 0 radical (unpaired) electrons. The molecule has 1 heterocycles. The maximum absolute atomic E-state index is 13.2. The van der Waals surface area contributed by atoms with Gasteiger partial charge in [0.25, 0.3) is 0 Å². The van der Waals surface area contributed by atoms with E-state index in [2.05, 4.69) is 32.6 Å². The van der Waals surface area contributed by atoms with Gasteiger partial charge in [-0.1, -0.05) is 25.4 Å². The van der Waals surface area contributed by atoms with Crippen molar-refractivity contribution in [1.29, 1.82) is 0 Å². The van der Waals surface area contributed by atoms with Crippen molar-refractivity contribution >= 4 is 34.2 Å². The molecule has 0 aliphatic carbocycles. The monoisotopic (exact) mass is 394 g/mol. The Labute approximate surface area is 128 Å². The van der Waals surface area contributed by atoms with Crippen LogP contribution in [0.25, 0.3) is 11.4 Å². The van der Waals surface area contributed by atoms with Crippen LogP contribution >= 0.6 is 34.2 Å². The topological polar surface area (TPSA) is 25.8 Å². The van der Waals surface area contributed by atoms with Gasteiger partial charge in [-0.15, -0.1) is 0 Å². The van der Waals surface area contributed by atoms with E-state index in [9.17, 15) is 8.78 Å². The molecule has 0 N–H and O–H groups in total. The first-order chi connectivity index (χ1) is 8.90. The second-order valence-electron chi connectivity index (χ2n) is 4.32. The summed E-state index contributed by atoms with van der Waals surface area (Å²) in [5.74, 6) is -1.37. The van der Waals surface area contributed by atoms with E-state index in [1.165, 1.54) is 6.07 Å². The molecule has 0 bridgehead atoms. The summed E-state index contributed by atoms with van der Waals surface area (Å²) < 4.78 is 26.9. The van der Waals surface area contributed by atoms with E-state index in [4.69, 9.17) is 11.6 Å². The largest absolute Gasteiger partial charge is 0.232 e. The molecule has 0 unspecified atom stereocenters. The van der Waals surface area contributed by atoms with Crippen LogP contribution in [0.5, 0.6) is 0 Å². The SMILES string of the molecule is CC(C)c1nc(-c2ccc(F)c(F)c2)nc(Cl)c1I. The maximum Gasteiger partial charge on any atom is 0.161 e. The third-order valence-electron chi connectivity index (χ3n) is 2.56. The van der Waals surface area contributed by atoms with E-state index in [0.29, 0.717) is 16.5 Å². The summed E-state index contributed by atoms with van der Waals surface area (Å²) in [5.41, 5.74) is 1.19. The third-order valence-corrected chi connectivity index (χ3v) is 4.22. The van der Waals surface area contributed by atoms with Crippen LogP contribution in [0.2, 0.25) is 5.15 Å². The maximum atomic E-state index is 13.2. The third kappa shape index (κ3) is 3.02. The number of rotatable bonds is 2. The highest BCUT2D eigenvalue weighted by atomic mass is 127. The van der Waals surface area contributed by atoms with Gasteiger partial charge in [0.15, 0.2) is 17.5 Å². The number of benzene rings is 1. The molecule has 0 aliphatic rings. The fourth-order valence-electron chi connectivity index (χ4n) is 1.58. The zero-order valence-electron chi connectivity index (χ0n) is 10.2. The zero-order valence-corrected chi connectivity index (χ0v) is 13.1. The van der Waals surface area contributed by atoms with Crippen molar-refractivity contribution in [3.63, 3.8) is 0 Å². The fraction of sp³-hybridized carbons (Fsp3) is 0.231. The van der Waals surface area contributed by atoms with Gasteiger partial charge in [0, 0.05) is 5.56 Å². The molecule has 100 valence electrons. The first kappa shape index (κ1) is 14.6. The van der Waals surface area contributed by atoms with E-state index in [0.717, 1.165) is 21.4 Å². The number of nitrogens with zero attached hydrogens (tertiary/aromatic N) is 2. The van der Waals surface area contributed by atoms with Gasteiger partial charge in [-0.3, -0.25) is 0 Å². The second kappa shape index (κ2) is 5.66. The predicted octanol–water partition coefficient (Wildman–Crippen LogP) is 4.80. The standard InChI is InChI=1S/C13H10ClF2IN2/c1-6(2)11-10(17)12(14)19-13(18-11)7-3-4-8(15)9(16)5-7/h3-6H,1-2H3. The highest BCUT2D eigenvalue weighted by Gasteiger charge is 2.15. The summed E-state index contributed by atoms with van der Waals surface area (Å²) in [6.07, 6.45) is 0. The molecular formula is C13H10ClF2IN2. The molecule has 2 aromatic rings. The lowest BCUT2D eigenvalue weighted by molar-refractivity contribution is 0.509. The van der Waals surface area contributed by atoms with Crippen molar-refractivity contribution in [2.45, 2.75) is 19.8 Å². The highest BCUT2D eigenvalue weighted by Crippen LogP contribution is 2.28. The van der Waals surface area contributed by atoms with E-state index in [1.807, 2.05) is 13.8 Å². The summed E-state index contributed by atoms with van der Waals surface area (Å²) >= 11 is 8.13. The number of halogens is 4. The second-order valence-corrected chi connectivity index (χ2v) is 5.76. The zero-order chi connectivity index (χ0) is 14.2. The molecule has 0 atom stereocenters. The number of hydrogen-bond acceptors (Lipinski definition) is 2. The smallest absolute Gasteiger partial charge is 0.161 e. The lowest BCUT2D eigenvalue weighted by atomic mass is 10.1. The van der Waals surface area contributed by atoms with Crippen molar-refractivity contribution < 1.29 is 8.78 Å². The van der Waals surface area contributed by atoms with Gasteiger partial charge in [-0.05, 0) is 46.7 Å². The van der Waals surface area contributed by atoms with Crippen molar-refractivity contribution in [3.05, 3.63) is 44.3 Å². The van der Waals surface area contributed by atoms with E-state index < -0.39 is 11.6 Å². The predicted molar refractivity (Wildman–Crippen MR) is 79.2 cm³/mol. The van der Waals surface area contributed by atoms with Gasteiger partial charge in [0.1, 0.15) is 5.15 Å². The molecule has 0 saturated carbocycles.